The van der Waals surface area contributed by atoms with Gasteiger partial charge >= 0.3 is 0 Å². The lowest BCUT2D eigenvalue weighted by Crippen LogP contribution is -2.31. The van der Waals surface area contributed by atoms with Crippen LogP contribution >= 0.6 is 11.3 Å². The van der Waals surface area contributed by atoms with E-state index in [2.05, 4.69) is 24.8 Å². The summed E-state index contributed by atoms with van der Waals surface area (Å²) in [7, 11) is 0. The lowest BCUT2D eigenvalue weighted by atomic mass is 10.2. The first-order valence-electron chi connectivity index (χ1n) is 4.86. The molecule has 0 aliphatic rings. The summed E-state index contributed by atoms with van der Waals surface area (Å²) in [4.78, 5) is 13.4. The van der Waals surface area contributed by atoms with Crippen LogP contribution in [-0.2, 0) is 0 Å². The smallest absolute Gasteiger partial charge is 0.160 e. The highest BCUT2D eigenvalue weighted by atomic mass is 32.1. The van der Waals surface area contributed by atoms with Crippen LogP contribution in [0.15, 0.2) is 11.4 Å². The van der Waals surface area contributed by atoms with Crippen LogP contribution in [0.1, 0.15) is 29.9 Å². The summed E-state index contributed by atoms with van der Waals surface area (Å²) >= 11 is 1.44. The fraction of sp³-hybridized carbons (Fsp3) is 0.455. The maximum Gasteiger partial charge on any atom is 0.160 e. The van der Waals surface area contributed by atoms with Gasteiger partial charge in [0.2, 0.25) is 0 Å². The summed E-state index contributed by atoms with van der Waals surface area (Å²) in [6, 6.07) is 4.35. The number of carbonyl (C=O) groups is 1. The van der Waals surface area contributed by atoms with Gasteiger partial charge in [0.25, 0.3) is 0 Å². The molecule has 15 heavy (non-hydrogen) atoms. The Labute approximate surface area is 93.9 Å². The van der Waals surface area contributed by atoms with Gasteiger partial charge in [0.1, 0.15) is 0 Å². The monoisotopic (exact) mass is 222 g/mol. The fourth-order valence-corrected chi connectivity index (χ4v) is 2.12. The molecule has 0 saturated heterocycles. The first-order chi connectivity index (χ1) is 7.19. The number of rotatable bonds is 5. The number of nitriles is 1. The SMILES string of the molecule is CC(C)N(CCC#N)c1csc(C=O)c1. The highest BCUT2D eigenvalue weighted by Crippen LogP contribution is 2.23. The van der Waals surface area contributed by atoms with Crippen molar-refractivity contribution in [1.82, 2.24) is 0 Å². The van der Waals surface area contributed by atoms with Gasteiger partial charge in [-0.3, -0.25) is 4.79 Å². The Balaban J connectivity index is 2.79. The molecule has 0 N–H and O–H groups in total. The largest absolute Gasteiger partial charge is 0.367 e. The van der Waals surface area contributed by atoms with Crippen LogP contribution in [0.5, 0.6) is 0 Å². The molecule has 0 unspecified atom stereocenters. The average Bonchev–Trinajstić information content (AvgIpc) is 2.66. The highest BCUT2D eigenvalue weighted by Gasteiger charge is 2.11. The Kier molecular flexibility index (Phi) is 4.32. The van der Waals surface area contributed by atoms with Crippen LogP contribution < -0.4 is 4.90 Å². The van der Waals surface area contributed by atoms with Gasteiger partial charge in [0.05, 0.1) is 17.4 Å². The summed E-state index contributed by atoms with van der Waals surface area (Å²) in [5.74, 6) is 0. The number of hydrogen-bond acceptors (Lipinski definition) is 4. The zero-order valence-electron chi connectivity index (χ0n) is 8.93. The van der Waals surface area contributed by atoms with Crippen LogP contribution in [0.25, 0.3) is 0 Å². The van der Waals surface area contributed by atoms with Crippen molar-refractivity contribution in [2.75, 3.05) is 11.4 Å². The third kappa shape index (κ3) is 3.07. The molecule has 0 aliphatic heterocycles. The van der Waals surface area contributed by atoms with Crippen molar-refractivity contribution < 1.29 is 4.79 Å². The van der Waals surface area contributed by atoms with Gasteiger partial charge in [-0.25, -0.2) is 0 Å². The summed E-state index contributed by atoms with van der Waals surface area (Å²) in [5, 5.41) is 10.5. The Bertz CT molecular complexity index is 365. The van der Waals surface area contributed by atoms with Gasteiger partial charge < -0.3 is 4.90 Å². The summed E-state index contributed by atoms with van der Waals surface area (Å²) in [6.07, 6.45) is 1.36. The first kappa shape index (κ1) is 11.7. The van der Waals surface area contributed by atoms with Gasteiger partial charge in [-0.05, 0) is 19.9 Å². The molecule has 0 amide bonds. The summed E-state index contributed by atoms with van der Waals surface area (Å²) in [6.45, 7) is 4.87. The van der Waals surface area contributed by atoms with Gasteiger partial charge in [-0.2, -0.15) is 5.26 Å². The van der Waals surface area contributed by atoms with Crippen LogP contribution in [0.3, 0.4) is 0 Å². The molecule has 0 saturated carbocycles. The predicted molar refractivity (Wildman–Crippen MR) is 62.4 cm³/mol. The van der Waals surface area contributed by atoms with Crippen LogP contribution in [0.4, 0.5) is 5.69 Å². The minimum atomic E-state index is 0.340. The highest BCUT2D eigenvalue weighted by molar-refractivity contribution is 7.12. The van der Waals surface area contributed by atoms with E-state index < -0.39 is 0 Å². The number of thiophene rings is 1. The molecule has 0 aliphatic carbocycles. The van der Waals surface area contributed by atoms with E-state index in [4.69, 9.17) is 5.26 Å². The summed E-state index contributed by atoms with van der Waals surface area (Å²) in [5.41, 5.74) is 1.03. The molecule has 0 spiro atoms. The van der Waals surface area contributed by atoms with Crippen molar-refractivity contribution in [3.8, 4) is 6.07 Å². The predicted octanol–water partition coefficient (Wildman–Crippen LogP) is 2.69. The van der Waals surface area contributed by atoms with E-state index in [1.54, 1.807) is 0 Å². The minimum Gasteiger partial charge on any atom is -0.367 e. The van der Waals surface area contributed by atoms with E-state index >= 15 is 0 Å². The van der Waals surface area contributed by atoms with Gasteiger partial charge in [-0.1, -0.05) is 0 Å². The van der Waals surface area contributed by atoms with Gasteiger partial charge in [0, 0.05) is 23.7 Å². The molecular weight excluding hydrogens is 208 g/mol. The third-order valence-corrected chi connectivity index (χ3v) is 2.99. The molecule has 1 heterocycles. The fourth-order valence-electron chi connectivity index (χ4n) is 1.41. The quantitative estimate of drug-likeness (QED) is 0.719. The van der Waals surface area contributed by atoms with E-state index in [9.17, 15) is 4.79 Å². The van der Waals surface area contributed by atoms with Gasteiger partial charge in [0.15, 0.2) is 6.29 Å². The van der Waals surface area contributed by atoms with E-state index in [1.165, 1.54) is 11.3 Å². The second-order valence-electron chi connectivity index (χ2n) is 3.52. The lowest BCUT2D eigenvalue weighted by Gasteiger charge is -2.26. The van der Waals surface area contributed by atoms with E-state index in [0.717, 1.165) is 16.9 Å². The first-order valence-corrected chi connectivity index (χ1v) is 5.74. The Morgan fingerprint density at radius 2 is 2.40 bits per heavy atom. The molecule has 3 nitrogen and oxygen atoms in total. The van der Waals surface area contributed by atoms with Crippen molar-refractivity contribution in [1.29, 1.82) is 5.26 Å². The second-order valence-corrected chi connectivity index (χ2v) is 4.46. The molecular formula is C11H14N2OS. The maximum absolute atomic E-state index is 10.6. The van der Waals surface area contributed by atoms with Crippen molar-refractivity contribution in [2.24, 2.45) is 0 Å². The molecule has 0 bridgehead atoms. The Morgan fingerprint density at radius 1 is 1.67 bits per heavy atom. The molecule has 1 aromatic rings. The molecule has 0 fully saturated rings. The molecule has 0 atom stereocenters. The topological polar surface area (TPSA) is 44.1 Å². The van der Waals surface area contributed by atoms with Crippen molar-refractivity contribution in [2.45, 2.75) is 26.3 Å². The number of anilines is 1. The molecule has 4 heteroatoms. The Hall–Kier alpha value is -1.34. The molecule has 1 aromatic heterocycles. The molecule has 0 radical (unpaired) electrons. The summed E-state index contributed by atoms with van der Waals surface area (Å²) < 4.78 is 0. The molecule has 0 aromatic carbocycles. The van der Waals surface area contributed by atoms with Crippen molar-refractivity contribution in [3.05, 3.63) is 16.3 Å². The molecule has 1 rings (SSSR count). The van der Waals surface area contributed by atoms with Crippen LogP contribution in [-0.4, -0.2) is 18.9 Å². The van der Waals surface area contributed by atoms with Crippen molar-refractivity contribution in [3.63, 3.8) is 0 Å². The number of hydrogen-bond donors (Lipinski definition) is 0. The van der Waals surface area contributed by atoms with Crippen molar-refractivity contribution >= 4 is 23.3 Å². The Morgan fingerprint density at radius 3 is 2.87 bits per heavy atom. The number of carbonyl (C=O) groups excluding carboxylic acids is 1. The number of nitrogens with zero attached hydrogens (tertiary/aromatic N) is 2. The zero-order valence-corrected chi connectivity index (χ0v) is 9.75. The zero-order chi connectivity index (χ0) is 11.3. The van der Waals surface area contributed by atoms with E-state index in [0.29, 0.717) is 19.0 Å². The van der Waals surface area contributed by atoms with Crippen LogP contribution in [0, 0.1) is 11.3 Å². The maximum atomic E-state index is 10.6. The van der Waals surface area contributed by atoms with Gasteiger partial charge in [-0.15, -0.1) is 11.3 Å². The normalized spacial score (nSPS) is 10.0. The average molecular weight is 222 g/mol. The lowest BCUT2D eigenvalue weighted by molar-refractivity contribution is 0.112. The standard InChI is InChI=1S/C11H14N2OS/c1-9(2)13(5-3-4-12)10-6-11(7-14)15-8-10/h6-9H,3,5H2,1-2H3. The minimum absolute atomic E-state index is 0.340. The van der Waals surface area contributed by atoms with E-state index in [1.807, 2.05) is 11.4 Å². The number of aldehydes is 1. The molecule has 80 valence electrons. The van der Waals surface area contributed by atoms with E-state index in [-0.39, 0.29) is 0 Å². The van der Waals surface area contributed by atoms with Crippen LogP contribution in [0.2, 0.25) is 0 Å². The second kappa shape index (κ2) is 5.52. The third-order valence-electron chi connectivity index (χ3n) is 2.14.